The smallest absolute Gasteiger partial charge is 0.257 e. The molecular formula is C23H23BrN4O. The van der Waals surface area contributed by atoms with Crippen molar-refractivity contribution in [1.82, 2.24) is 19.6 Å². The van der Waals surface area contributed by atoms with Crippen LogP contribution in [0.1, 0.15) is 15.9 Å². The lowest BCUT2D eigenvalue weighted by Gasteiger charge is -2.34. The van der Waals surface area contributed by atoms with E-state index in [1.807, 2.05) is 47.4 Å². The van der Waals surface area contributed by atoms with E-state index in [1.54, 1.807) is 17.1 Å². The minimum absolute atomic E-state index is 0.0489. The van der Waals surface area contributed by atoms with Gasteiger partial charge in [0.1, 0.15) is 0 Å². The minimum Gasteiger partial charge on any atom is -0.336 e. The van der Waals surface area contributed by atoms with Gasteiger partial charge in [-0.1, -0.05) is 58.4 Å². The summed E-state index contributed by atoms with van der Waals surface area (Å²) >= 11 is 3.43. The zero-order valence-electron chi connectivity index (χ0n) is 16.1. The fraction of sp³-hybridized carbons (Fsp3) is 0.217. The van der Waals surface area contributed by atoms with E-state index in [2.05, 4.69) is 50.2 Å². The topological polar surface area (TPSA) is 41.4 Å². The maximum Gasteiger partial charge on any atom is 0.257 e. The highest BCUT2D eigenvalue weighted by atomic mass is 79.9. The second kappa shape index (κ2) is 9.20. The fourth-order valence-electron chi connectivity index (χ4n) is 3.39. The van der Waals surface area contributed by atoms with Crippen LogP contribution in [-0.2, 0) is 0 Å². The summed E-state index contributed by atoms with van der Waals surface area (Å²) in [4.78, 5) is 17.1. The number of carbonyl (C=O) groups is 1. The van der Waals surface area contributed by atoms with E-state index < -0.39 is 0 Å². The monoisotopic (exact) mass is 450 g/mol. The fourth-order valence-corrected chi connectivity index (χ4v) is 3.65. The third-order valence-corrected chi connectivity index (χ3v) is 5.58. The molecule has 1 aromatic heterocycles. The summed E-state index contributed by atoms with van der Waals surface area (Å²) < 4.78 is 2.76. The van der Waals surface area contributed by atoms with E-state index in [-0.39, 0.29) is 5.91 Å². The maximum absolute atomic E-state index is 12.8. The van der Waals surface area contributed by atoms with Gasteiger partial charge in [-0.05, 0) is 29.8 Å². The summed E-state index contributed by atoms with van der Waals surface area (Å²) in [6.07, 6.45) is 7.79. The van der Waals surface area contributed by atoms with Crippen LogP contribution in [0.25, 0.3) is 11.8 Å². The molecule has 148 valence electrons. The molecule has 0 saturated carbocycles. The summed E-state index contributed by atoms with van der Waals surface area (Å²) in [7, 11) is 0. The normalized spacial score (nSPS) is 15.1. The molecule has 0 spiro atoms. The SMILES string of the molecule is O=C(c1cnn(-c2ccc(Br)cc2)c1)N1CCN(C/C=C/c2ccccc2)CC1. The molecule has 1 saturated heterocycles. The lowest BCUT2D eigenvalue weighted by molar-refractivity contribution is 0.0650. The zero-order valence-corrected chi connectivity index (χ0v) is 17.7. The number of aromatic nitrogens is 2. The molecule has 0 unspecified atom stereocenters. The summed E-state index contributed by atoms with van der Waals surface area (Å²) in [5.74, 6) is 0.0489. The molecule has 2 aromatic carbocycles. The van der Waals surface area contributed by atoms with Crippen molar-refractivity contribution >= 4 is 27.9 Å². The van der Waals surface area contributed by atoms with Crippen LogP contribution in [0.4, 0.5) is 0 Å². The van der Waals surface area contributed by atoms with Crippen LogP contribution in [0.5, 0.6) is 0 Å². The molecule has 1 aliphatic rings. The molecule has 2 heterocycles. The van der Waals surface area contributed by atoms with Crippen molar-refractivity contribution in [1.29, 1.82) is 0 Å². The molecule has 0 radical (unpaired) electrons. The van der Waals surface area contributed by atoms with Gasteiger partial charge in [-0.2, -0.15) is 5.10 Å². The van der Waals surface area contributed by atoms with Crippen LogP contribution in [0.2, 0.25) is 0 Å². The van der Waals surface area contributed by atoms with Crippen molar-refractivity contribution in [2.75, 3.05) is 32.7 Å². The Labute approximate surface area is 179 Å². The average molecular weight is 451 g/mol. The van der Waals surface area contributed by atoms with Crippen molar-refractivity contribution in [2.24, 2.45) is 0 Å². The molecule has 29 heavy (non-hydrogen) atoms. The number of benzene rings is 2. The summed E-state index contributed by atoms with van der Waals surface area (Å²) in [5, 5.41) is 4.35. The number of piperazine rings is 1. The Balaban J connectivity index is 1.30. The van der Waals surface area contributed by atoms with Crippen molar-refractivity contribution in [3.8, 4) is 5.69 Å². The number of hydrogen-bond acceptors (Lipinski definition) is 3. The number of carbonyl (C=O) groups excluding carboxylic acids is 1. The van der Waals surface area contributed by atoms with Gasteiger partial charge in [0.15, 0.2) is 0 Å². The van der Waals surface area contributed by atoms with Gasteiger partial charge in [0.05, 0.1) is 17.4 Å². The van der Waals surface area contributed by atoms with Crippen molar-refractivity contribution in [3.05, 3.63) is 88.7 Å². The third-order valence-electron chi connectivity index (χ3n) is 5.05. The van der Waals surface area contributed by atoms with Crippen LogP contribution in [0.15, 0.2) is 77.5 Å². The zero-order chi connectivity index (χ0) is 20.1. The molecular weight excluding hydrogens is 428 g/mol. The summed E-state index contributed by atoms with van der Waals surface area (Å²) in [6, 6.07) is 18.2. The first-order valence-electron chi connectivity index (χ1n) is 9.73. The molecule has 0 bridgehead atoms. The summed E-state index contributed by atoms with van der Waals surface area (Å²) in [5.41, 5.74) is 2.77. The number of rotatable bonds is 5. The molecule has 6 heteroatoms. The molecule has 0 aliphatic carbocycles. The predicted molar refractivity (Wildman–Crippen MR) is 119 cm³/mol. The lowest BCUT2D eigenvalue weighted by Crippen LogP contribution is -2.48. The highest BCUT2D eigenvalue weighted by Gasteiger charge is 2.22. The quantitative estimate of drug-likeness (QED) is 0.587. The van der Waals surface area contributed by atoms with Gasteiger partial charge in [-0.25, -0.2) is 4.68 Å². The number of amides is 1. The molecule has 1 amide bonds. The standard InChI is InChI=1S/C23H23BrN4O/c24-21-8-10-22(11-9-21)28-18-20(17-25-28)23(29)27-15-13-26(14-16-27)12-4-7-19-5-2-1-3-6-19/h1-11,17-18H,12-16H2/b7-4+. The highest BCUT2D eigenvalue weighted by Crippen LogP contribution is 2.15. The molecule has 0 N–H and O–H groups in total. The minimum atomic E-state index is 0.0489. The molecule has 5 nitrogen and oxygen atoms in total. The van der Waals surface area contributed by atoms with Crippen LogP contribution in [-0.4, -0.2) is 58.2 Å². The van der Waals surface area contributed by atoms with E-state index in [0.717, 1.165) is 42.9 Å². The molecule has 3 aromatic rings. The summed E-state index contributed by atoms with van der Waals surface area (Å²) in [6.45, 7) is 4.14. The number of hydrogen-bond donors (Lipinski definition) is 0. The largest absolute Gasteiger partial charge is 0.336 e. The van der Waals surface area contributed by atoms with Crippen LogP contribution in [0, 0.1) is 0 Å². The van der Waals surface area contributed by atoms with Gasteiger partial charge in [0.25, 0.3) is 5.91 Å². The van der Waals surface area contributed by atoms with Crippen molar-refractivity contribution in [3.63, 3.8) is 0 Å². The van der Waals surface area contributed by atoms with E-state index in [9.17, 15) is 4.79 Å². The first kappa shape index (κ1) is 19.6. The van der Waals surface area contributed by atoms with Gasteiger partial charge < -0.3 is 4.90 Å². The third kappa shape index (κ3) is 5.02. The number of nitrogens with zero attached hydrogens (tertiary/aromatic N) is 4. The predicted octanol–water partition coefficient (Wildman–Crippen LogP) is 4.11. The van der Waals surface area contributed by atoms with Gasteiger partial charge >= 0.3 is 0 Å². The van der Waals surface area contributed by atoms with Crippen molar-refractivity contribution in [2.45, 2.75) is 0 Å². The second-order valence-corrected chi connectivity index (χ2v) is 7.97. The number of halogens is 1. The Morgan fingerprint density at radius 3 is 2.45 bits per heavy atom. The Morgan fingerprint density at radius 1 is 1.00 bits per heavy atom. The van der Waals surface area contributed by atoms with Gasteiger partial charge in [0, 0.05) is 43.4 Å². The van der Waals surface area contributed by atoms with Crippen molar-refractivity contribution < 1.29 is 4.79 Å². The van der Waals surface area contributed by atoms with Gasteiger partial charge in [0.2, 0.25) is 0 Å². The maximum atomic E-state index is 12.8. The Hall–Kier alpha value is -2.70. The van der Waals surface area contributed by atoms with Gasteiger partial charge in [-0.15, -0.1) is 0 Å². The molecule has 0 atom stereocenters. The van der Waals surface area contributed by atoms with E-state index in [0.29, 0.717) is 5.56 Å². The first-order chi connectivity index (χ1) is 14.2. The molecule has 4 rings (SSSR count). The van der Waals surface area contributed by atoms with E-state index >= 15 is 0 Å². The lowest BCUT2D eigenvalue weighted by atomic mass is 10.2. The highest BCUT2D eigenvalue weighted by molar-refractivity contribution is 9.10. The van der Waals surface area contributed by atoms with Crippen LogP contribution < -0.4 is 0 Å². The van der Waals surface area contributed by atoms with Crippen LogP contribution in [0.3, 0.4) is 0 Å². The molecule has 1 fully saturated rings. The van der Waals surface area contributed by atoms with E-state index in [1.165, 1.54) is 5.56 Å². The Bertz CT molecular complexity index is 974. The molecule has 1 aliphatic heterocycles. The van der Waals surface area contributed by atoms with E-state index in [4.69, 9.17) is 0 Å². The Morgan fingerprint density at radius 2 is 1.72 bits per heavy atom. The Kier molecular flexibility index (Phi) is 6.22. The second-order valence-electron chi connectivity index (χ2n) is 7.06. The first-order valence-corrected chi connectivity index (χ1v) is 10.5. The average Bonchev–Trinajstić information content (AvgIpc) is 3.25. The van der Waals surface area contributed by atoms with Gasteiger partial charge in [-0.3, -0.25) is 9.69 Å². The van der Waals surface area contributed by atoms with Crippen LogP contribution >= 0.6 is 15.9 Å².